The Morgan fingerprint density at radius 3 is 2.69 bits per heavy atom. The van der Waals surface area contributed by atoms with Gasteiger partial charge in [0.05, 0.1) is 11.7 Å². The molecule has 0 amide bonds. The number of hydrogen-bond donors (Lipinski definition) is 0. The van der Waals surface area contributed by atoms with E-state index in [1.54, 1.807) is 12.4 Å². The van der Waals surface area contributed by atoms with Crippen molar-refractivity contribution in [3.63, 3.8) is 0 Å². The summed E-state index contributed by atoms with van der Waals surface area (Å²) in [6, 6.07) is 4.62. The number of anilines is 1. The molecule has 32 heavy (non-hydrogen) atoms. The molecule has 0 fully saturated rings. The Balaban J connectivity index is 1.58. The molecule has 7 heteroatoms. The van der Waals surface area contributed by atoms with E-state index < -0.39 is 18.2 Å². The number of nitrogens with zero attached hydrogens (tertiary/aromatic N) is 4. The lowest BCUT2D eigenvalue weighted by Crippen LogP contribution is -2.25. The fourth-order valence-electron chi connectivity index (χ4n) is 4.49. The maximum atomic E-state index is 15.0. The largest absolute Gasteiger partial charge is 0.256 e. The molecule has 2 aromatic rings. The third-order valence-corrected chi connectivity index (χ3v) is 6.14. The number of hydrogen-bond acceptors (Lipinski definition) is 3. The van der Waals surface area contributed by atoms with E-state index in [1.807, 2.05) is 29.8 Å². The summed E-state index contributed by atoms with van der Waals surface area (Å²) in [5, 5.41) is 10.6. The van der Waals surface area contributed by atoms with Crippen molar-refractivity contribution >= 4 is 11.4 Å². The Morgan fingerprint density at radius 2 is 1.97 bits per heavy atom. The molecule has 0 saturated carbocycles. The van der Waals surface area contributed by atoms with Crippen LogP contribution in [-0.4, -0.2) is 21.4 Å². The van der Waals surface area contributed by atoms with Gasteiger partial charge in [0.15, 0.2) is 0 Å². The molecule has 0 saturated heterocycles. The van der Waals surface area contributed by atoms with Gasteiger partial charge in [0.25, 0.3) is 5.92 Å². The fourth-order valence-corrected chi connectivity index (χ4v) is 4.49. The smallest absolute Gasteiger partial charge is 0.256 e. The zero-order valence-corrected chi connectivity index (χ0v) is 17.7. The minimum absolute atomic E-state index is 0.0453. The lowest BCUT2D eigenvalue weighted by atomic mass is 9.97. The predicted octanol–water partition coefficient (Wildman–Crippen LogP) is 5.89. The highest BCUT2D eigenvalue weighted by molar-refractivity contribution is 6.15. The summed E-state index contributed by atoms with van der Waals surface area (Å²) < 4.78 is 44.6. The summed E-state index contributed by atoms with van der Waals surface area (Å²) in [5.74, 6) is -3.41. The first kappa shape index (κ1) is 20.5. The lowest BCUT2D eigenvalue weighted by molar-refractivity contribution is 0.0130. The molecular weight excluding hydrogens is 413 g/mol. The van der Waals surface area contributed by atoms with E-state index in [4.69, 9.17) is 5.10 Å². The Morgan fingerprint density at radius 1 is 1.19 bits per heavy atom. The van der Waals surface area contributed by atoms with Crippen LogP contribution < -0.4 is 5.01 Å². The molecule has 1 aromatic heterocycles. The van der Waals surface area contributed by atoms with Crippen LogP contribution in [0.1, 0.15) is 42.6 Å². The Bertz CT molecular complexity index is 1220. The van der Waals surface area contributed by atoms with E-state index in [0.29, 0.717) is 23.3 Å². The van der Waals surface area contributed by atoms with Gasteiger partial charge in [-0.05, 0) is 47.7 Å². The van der Waals surface area contributed by atoms with Crippen molar-refractivity contribution < 1.29 is 13.2 Å². The average Bonchev–Trinajstić information content (AvgIpc) is 3.37. The molecule has 0 N–H and O–H groups in total. The molecule has 0 bridgehead atoms. The monoisotopic (exact) mass is 436 g/mol. The van der Waals surface area contributed by atoms with Crippen molar-refractivity contribution in [3.05, 3.63) is 95.3 Å². The summed E-state index contributed by atoms with van der Waals surface area (Å²) in [5.41, 5.74) is 3.98. The number of allylic oxidation sites excluding steroid dienone is 6. The number of fused-ring (bicyclic) bond motifs is 1. The number of hydrazone groups is 1. The van der Waals surface area contributed by atoms with Gasteiger partial charge in [0.2, 0.25) is 0 Å². The van der Waals surface area contributed by atoms with Crippen LogP contribution in [0.3, 0.4) is 0 Å². The Kier molecular flexibility index (Phi) is 4.92. The van der Waals surface area contributed by atoms with E-state index in [2.05, 4.69) is 23.8 Å². The van der Waals surface area contributed by atoms with E-state index in [9.17, 15) is 8.78 Å². The average molecular weight is 436 g/mol. The number of alkyl halides is 2. The maximum Gasteiger partial charge on any atom is 0.256 e. The second-order valence-electron chi connectivity index (χ2n) is 8.34. The number of rotatable bonds is 4. The summed E-state index contributed by atoms with van der Waals surface area (Å²) in [7, 11) is 0. The van der Waals surface area contributed by atoms with Crippen LogP contribution in [0.5, 0.6) is 0 Å². The fraction of sp³-hybridized carbons (Fsp3) is 0.280. The van der Waals surface area contributed by atoms with Gasteiger partial charge >= 0.3 is 0 Å². The van der Waals surface area contributed by atoms with Crippen molar-refractivity contribution in [2.45, 2.75) is 44.6 Å². The van der Waals surface area contributed by atoms with E-state index in [1.165, 1.54) is 17.1 Å². The molecule has 2 aliphatic carbocycles. The van der Waals surface area contributed by atoms with E-state index in [0.717, 1.165) is 23.3 Å². The van der Waals surface area contributed by atoms with Crippen LogP contribution in [0.25, 0.3) is 0 Å². The predicted molar refractivity (Wildman–Crippen MR) is 119 cm³/mol. The van der Waals surface area contributed by atoms with Crippen molar-refractivity contribution in [2.75, 3.05) is 5.01 Å². The van der Waals surface area contributed by atoms with Crippen molar-refractivity contribution in [1.29, 1.82) is 0 Å². The van der Waals surface area contributed by atoms with E-state index >= 15 is 4.39 Å². The van der Waals surface area contributed by atoms with Gasteiger partial charge in [-0.1, -0.05) is 37.8 Å². The van der Waals surface area contributed by atoms with Crippen LogP contribution in [0.4, 0.5) is 18.9 Å². The third-order valence-electron chi connectivity index (χ3n) is 6.14. The van der Waals surface area contributed by atoms with Crippen LogP contribution in [0.15, 0.2) is 77.7 Å². The topological polar surface area (TPSA) is 33.4 Å². The number of aromatic nitrogens is 2. The summed E-state index contributed by atoms with van der Waals surface area (Å²) in [4.78, 5) is 0. The highest BCUT2D eigenvalue weighted by Gasteiger charge is 2.38. The van der Waals surface area contributed by atoms with Crippen LogP contribution in [0.2, 0.25) is 0 Å². The second-order valence-corrected chi connectivity index (χ2v) is 8.34. The highest BCUT2D eigenvalue weighted by atomic mass is 19.3. The first-order valence-corrected chi connectivity index (χ1v) is 10.7. The van der Waals surface area contributed by atoms with Gasteiger partial charge in [-0.2, -0.15) is 10.2 Å². The standard InChI is InChI=1S/C25H23F3N4/c1-3-17-15-31(23-12-19-14-25(27,28)13-18(19)11-21(23)26)30-24(16(17)2)22-9-10-29-32(22)20-7-5-4-6-8-20/h4-7,9-12,15,20H,2-3,8,13-14H2,1H3. The maximum absolute atomic E-state index is 15.0. The lowest BCUT2D eigenvalue weighted by Gasteiger charge is -2.27. The molecule has 1 aromatic carbocycles. The van der Waals surface area contributed by atoms with Crippen molar-refractivity contribution in [1.82, 2.24) is 9.78 Å². The number of halogens is 3. The summed E-state index contributed by atoms with van der Waals surface area (Å²) in [6.45, 7) is 6.22. The molecule has 0 radical (unpaired) electrons. The molecule has 164 valence electrons. The Labute approximate surface area is 184 Å². The first-order valence-electron chi connectivity index (χ1n) is 10.7. The van der Waals surface area contributed by atoms with Crippen LogP contribution in [-0.2, 0) is 12.8 Å². The van der Waals surface area contributed by atoms with Crippen molar-refractivity contribution in [2.24, 2.45) is 5.10 Å². The minimum Gasteiger partial charge on any atom is -0.256 e. The van der Waals surface area contributed by atoms with Gasteiger partial charge in [0.1, 0.15) is 17.2 Å². The molecule has 1 atom stereocenters. The summed E-state index contributed by atoms with van der Waals surface area (Å²) in [6.07, 6.45) is 12.2. The zero-order valence-electron chi connectivity index (χ0n) is 17.7. The van der Waals surface area contributed by atoms with Gasteiger partial charge in [-0.25, -0.2) is 18.2 Å². The zero-order chi connectivity index (χ0) is 22.5. The van der Waals surface area contributed by atoms with E-state index in [-0.39, 0.29) is 18.2 Å². The van der Waals surface area contributed by atoms with Gasteiger partial charge < -0.3 is 0 Å². The minimum atomic E-state index is -2.84. The molecule has 4 nitrogen and oxygen atoms in total. The molecule has 2 heterocycles. The molecule has 3 aliphatic rings. The molecule has 0 spiro atoms. The molecule has 1 aliphatic heterocycles. The Hall–Kier alpha value is -3.35. The van der Waals surface area contributed by atoms with Crippen LogP contribution in [0, 0.1) is 5.82 Å². The SMILES string of the molecule is C=C1C(CC)=CN(c2cc3c(cc2F)CC(F)(F)C3)N=C1c1ccnn1C1C=CC=CC1. The van der Waals surface area contributed by atoms with Gasteiger partial charge in [-0.15, -0.1) is 0 Å². The summed E-state index contributed by atoms with van der Waals surface area (Å²) >= 11 is 0. The highest BCUT2D eigenvalue weighted by Crippen LogP contribution is 2.39. The van der Waals surface area contributed by atoms with Gasteiger partial charge in [0, 0.05) is 30.8 Å². The first-order chi connectivity index (χ1) is 15.4. The molecule has 5 rings (SSSR count). The molecule has 1 unspecified atom stereocenters. The number of benzene rings is 1. The normalized spacial score (nSPS) is 21.6. The van der Waals surface area contributed by atoms with Crippen molar-refractivity contribution in [3.8, 4) is 0 Å². The second kappa shape index (κ2) is 7.65. The third kappa shape index (κ3) is 3.51. The van der Waals surface area contributed by atoms with Crippen LogP contribution >= 0.6 is 0 Å². The quantitative estimate of drug-likeness (QED) is 0.599. The van der Waals surface area contributed by atoms with Gasteiger partial charge in [-0.3, -0.25) is 4.68 Å². The molecular formula is C25H23F3N4.